The van der Waals surface area contributed by atoms with E-state index in [1.165, 1.54) is 55.2 Å². The van der Waals surface area contributed by atoms with Gasteiger partial charge in [0.2, 0.25) is 0 Å². The molecule has 0 atom stereocenters. The van der Waals surface area contributed by atoms with Crippen LogP contribution in [-0.2, 0) is 5.41 Å². The first-order valence-corrected chi connectivity index (χ1v) is 20.7. The zero-order valence-corrected chi connectivity index (χ0v) is 32.6. The van der Waals surface area contributed by atoms with Gasteiger partial charge in [0, 0.05) is 32.9 Å². The first kappa shape index (κ1) is 33.1. The number of aromatic nitrogens is 2. The predicted octanol–water partition coefficient (Wildman–Crippen LogP) is 14.7. The molecule has 0 fully saturated rings. The number of hydrogen-bond donors (Lipinski definition) is 0. The molecule has 0 N–H and O–H groups in total. The molecule has 0 bridgehead atoms. The van der Waals surface area contributed by atoms with Crippen LogP contribution < -0.4 is 0 Å². The van der Waals surface area contributed by atoms with E-state index in [1.807, 2.05) is 6.07 Å². The lowest BCUT2D eigenvalue weighted by Crippen LogP contribution is -2.28. The number of hydrogen-bond acceptors (Lipinski definition) is 1. The summed E-state index contributed by atoms with van der Waals surface area (Å²) < 4.78 is 11.5. The molecule has 60 heavy (non-hydrogen) atoms. The Labute approximate surface area is 346 Å². The van der Waals surface area contributed by atoms with Gasteiger partial charge in [-0.3, -0.25) is 0 Å². The highest BCUT2D eigenvalue weighted by molar-refractivity contribution is 6.18. The first-order valence-electron chi connectivity index (χ1n) is 20.7. The summed E-state index contributed by atoms with van der Waals surface area (Å²) in [4.78, 5) is 0. The third-order valence-electron chi connectivity index (χ3n) is 13.0. The lowest BCUT2D eigenvalue weighted by atomic mass is 9.67. The first-order chi connectivity index (χ1) is 29.8. The van der Waals surface area contributed by atoms with Gasteiger partial charge < -0.3 is 13.6 Å². The Morgan fingerprint density at radius 1 is 0.350 bits per heavy atom. The summed E-state index contributed by atoms with van der Waals surface area (Å²) >= 11 is 0. The highest BCUT2D eigenvalue weighted by Gasteiger charge is 2.46. The fourth-order valence-corrected chi connectivity index (χ4v) is 10.5. The summed E-state index contributed by atoms with van der Waals surface area (Å²) in [6.07, 6.45) is 0. The Bertz CT molecular complexity index is 3590. The van der Waals surface area contributed by atoms with Crippen LogP contribution in [0.4, 0.5) is 0 Å². The zero-order valence-electron chi connectivity index (χ0n) is 32.6. The Hall–Kier alpha value is -7.88. The molecule has 3 heterocycles. The van der Waals surface area contributed by atoms with Gasteiger partial charge >= 0.3 is 0 Å². The van der Waals surface area contributed by atoms with Crippen molar-refractivity contribution in [1.29, 1.82) is 0 Å². The van der Waals surface area contributed by atoms with Crippen LogP contribution in [0.3, 0.4) is 0 Å². The molecule has 280 valence electrons. The van der Waals surface area contributed by atoms with Crippen molar-refractivity contribution in [1.82, 2.24) is 9.13 Å². The summed E-state index contributed by atoms with van der Waals surface area (Å²) in [5.41, 5.74) is 18.2. The number of benzene rings is 9. The van der Waals surface area contributed by atoms with Crippen molar-refractivity contribution in [3.63, 3.8) is 0 Å². The molecule has 13 rings (SSSR count). The van der Waals surface area contributed by atoms with E-state index < -0.39 is 5.41 Å². The molecule has 3 heteroatoms. The molecule has 0 unspecified atom stereocenters. The Morgan fingerprint density at radius 3 is 1.57 bits per heavy atom. The third kappa shape index (κ3) is 4.49. The highest BCUT2D eigenvalue weighted by Crippen LogP contribution is 2.57. The normalized spacial score (nSPS) is 13.1. The SMILES string of the molecule is c1ccc(-n2c3ccc(-c4ccc5c(c4)c4oc6ccccc6c4n5-c4ccccc4)cc3c3cc4c(cc32)C(c2ccccc2)(c2ccccc2)c2ccccc2-4)cc1. The Kier molecular flexibility index (Phi) is 6.93. The maximum atomic E-state index is 6.67. The molecule has 1 aliphatic rings. The maximum absolute atomic E-state index is 6.67. The molecule has 1 aliphatic carbocycles. The van der Waals surface area contributed by atoms with Gasteiger partial charge in [0.05, 0.1) is 22.0 Å². The van der Waals surface area contributed by atoms with Crippen LogP contribution >= 0.6 is 0 Å². The van der Waals surface area contributed by atoms with E-state index in [4.69, 9.17) is 4.42 Å². The van der Waals surface area contributed by atoms with Crippen LogP contribution in [0.2, 0.25) is 0 Å². The molecule has 3 aromatic heterocycles. The fourth-order valence-electron chi connectivity index (χ4n) is 10.5. The van der Waals surface area contributed by atoms with Crippen molar-refractivity contribution in [2.24, 2.45) is 0 Å². The van der Waals surface area contributed by atoms with Gasteiger partial charge in [-0.1, -0.05) is 146 Å². The van der Waals surface area contributed by atoms with Gasteiger partial charge in [-0.25, -0.2) is 0 Å². The minimum absolute atomic E-state index is 0.487. The van der Waals surface area contributed by atoms with Gasteiger partial charge in [-0.05, 0) is 117 Å². The smallest absolute Gasteiger partial charge is 0.161 e. The molecule has 0 spiro atoms. The van der Waals surface area contributed by atoms with Crippen molar-refractivity contribution < 1.29 is 4.42 Å². The lowest BCUT2D eigenvalue weighted by molar-refractivity contribution is 0.673. The van der Waals surface area contributed by atoms with E-state index in [9.17, 15) is 0 Å². The number of fused-ring (bicyclic) bond motifs is 11. The quantitative estimate of drug-likeness (QED) is 0.171. The van der Waals surface area contributed by atoms with Gasteiger partial charge in [-0.15, -0.1) is 0 Å². The minimum Gasteiger partial charge on any atom is -0.454 e. The number of furan rings is 1. The summed E-state index contributed by atoms with van der Waals surface area (Å²) in [7, 11) is 0. The predicted molar refractivity (Wildman–Crippen MR) is 248 cm³/mol. The summed E-state index contributed by atoms with van der Waals surface area (Å²) in [5, 5.41) is 4.67. The fraction of sp³-hybridized carbons (Fsp3) is 0.0175. The van der Waals surface area contributed by atoms with Crippen LogP contribution in [0, 0.1) is 0 Å². The van der Waals surface area contributed by atoms with Gasteiger partial charge in [0.25, 0.3) is 0 Å². The molecular formula is C57H36N2O. The Balaban J connectivity index is 1.09. The summed E-state index contributed by atoms with van der Waals surface area (Å²) in [5.74, 6) is 0. The monoisotopic (exact) mass is 764 g/mol. The number of nitrogens with zero attached hydrogens (tertiary/aromatic N) is 2. The van der Waals surface area contributed by atoms with E-state index in [0.29, 0.717) is 0 Å². The largest absolute Gasteiger partial charge is 0.454 e. The molecule has 0 saturated carbocycles. The number of rotatable bonds is 5. The minimum atomic E-state index is -0.487. The van der Waals surface area contributed by atoms with Crippen molar-refractivity contribution >= 4 is 54.8 Å². The molecule has 9 aromatic carbocycles. The molecule has 0 radical (unpaired) electrons. The van der Waals surface area contributed by atoms with Crippen molar-refractivity contribution in [2.45, 2.75) is 5.41 Å². The molecule has 12 aromatic rings. The molecule has 0 aliphatic heterocycles. The second-order valence-corrected chi connectivity index (χ2v) is 16.0. The van der Waals surface area contributed by atoms with E-state index in [1.54, 1.807) is 0 Å². The van der Waals surface area contributed by atoms with Gasteiger partial charge in [-0.2, -0.15) is 0 Å². The van der Waals surface area contributed by atoms with E-state index in [-0.39, 0.29) is 0 Å². The highest BCUT2D eigenvalue weighted by atomic mass is 16.3. The van der Waals surface area contributed by atoms with Crippen LogP contribution in [0.1, 0.15) is 22.3 Å². The summed E-state index contributed by atoms with van der Waals surface area (Å²) in [6, 6.07) is 79.8. The topological polar surface area (TPSA) is 23.0 Å². The van der Waals surface area contributed by atoms with Crippen LogP contribution in [-0.4, -0.2) is 9.13 Å². The molecular weight excluding hydrogens is 729 g/mol. The average molecular weight is 765 g/mol. The van der Waals surface area contributed by atoms with E-state index in [2.05, 4.69) is 221 Å². The van der Waals surface area contributed by atoms with Crippen LogP contribution in [0.25, 0.3) is 88.4 Å². The molecule has 0 amide bonds. The lowest BCUT2D eigenvalue weighted by Gasteiger charge is -2.34. The Morgan fingerprint density at radius 2 is 0.883 bits per heavy atom. The van der Waals surface area contributed by atoms with E-state index >= 15 is 0 Å². The molecule has 0 saturated heterocycles. The average Bonchev–Trinajstić information content (AvgIpc) is 4.04. The van der Waals surface area contributed by atoms with Crippen molar-refractivity contribution in [2.75, 3.05) is 0 Å². The summed E-state index contributed by atoms with van der Waals surface area (Å²) in [6.45, 7) is 0. The molecule has 3 nitrogen and oxygen atoms in total. The number of para-hydroxylation sites is 3. The standard InChI is InChI=1S/C57H36N2O/c1-5-17-39(18-6-1)57(40-19-7-2-8-20-40)49-27-15-13-25-43(49)45-35-47-46-33-37(29-31-51(46)58(53(47)36-50(45)57)41-21-9-3-10-22-41)38-30-32-52-48(34-38)56-55(44-26-14-16-28-54(44)60-56)59(52)42-23-11-4-12-24-42/h1-36H. The van der Waals surface area contributed by atoms with E-state index in [0.717, 1.165) is 55.5 Å². The third-order valence-corrected chi connectivity index (χ3v) is 13.0. The van der Waals surface area contributed by atoms with Crippen molar-refractivity contribution in [3.8, 4) is 33.6 Å². The van der Waals surface area contributed by atoms with Gasteiger partial charge in [0.15, 0.2) is 5.58 Å². The second-order valence-electron chi connectivity index (χ2n) is 16.0. The van der Waals surface area contributed by atoms with Crippen molar-refractivity contribution in [3.05, 3.63) is 241 Å². The van der Waals surface area contributed by atoms with Gasteiger partial charge in [0.1, 0.15) is 11.1 Å². The second kappa shape index (κ2) is 12.6. The maximum Gasteiger partial charge on any atom is 0.161 e. The van der Waals surface area contributed by atoms with Crippen LogP contribution in [0.15, 0.2) is 223 Å². The zero-order chi connectivity index (χ0) is 39.4. The van der Waals surface area contributed by atoms with Crippen LogP contribution in [0.5, 0.6) is 0 Å².